The number of methoxy groups -OCH3 is 1. The van der Waals surface area contributed by atoms with Crippen molar-refractivity contribution in [3.05, 3.63) is 77.2 Å². The van der Waals surface area contributed by atoms with E-state index in [1.165, 1.54) is 31.5 Å². The summed E-state index contributed by atoms with van der Waals surface area (Å²) in [4.78, 5) is 14.4. The Kier molecular flexibility index (Phi) is 6.19. The van der Waals surface area contributed by atoms with Gasteiger partial charge in [0, 0.05) is 35.2 Å². The van der Waals surface area contributed by atoms with E-state index in [0.717, 1.165) is 12.3 Å². The molecule has 170 valence electrons. The largest absolute Gasteiger partial charge is 0.496 e. The molecular weight excluding hydrogens is 464 g/mol. The summed E-state index contributed by atoms with van der Waals surface area (Å²) < 4.78 is 62.1. The number of nitrogens with one attached hydrogen (secondary N) is 1. The van der Waals surface area contributed by atoms with E-state index >= 15 is 0 Å². The summed E-state index contributed by atoms with van der Waals surface area (Å²) in [5, 5.41) is 0.247. The molecule has 3 aromatic heterocycles. The number of halogens is 5. The Hall–Kier alpha value is -3.66. The fourth-order valence-corrected chi connectivity index (χ4v) is 3.22. The number of rotatable bonds is 6. The number of benzene rings is 1. The lowest BCUT2D eigenvalue weighted by atomic mass is 10.1. The number of aromatic nitrogens is 4. The van der Waals surface area contributed by atoms with Gasteiger partial charge in [-0.2, -0.15) is 17.6 Å². The number of alkyl halides is 3. The molecule has 0 fully saturated rings. The number of nitrogens with zero attached hydrogens (tertiary/aromatic N) is 3. The van der Waals surface area contributed by atoms with Crippen LogP contribution in [0.2, 0.25) is 5.15 Å². The third-order valence-corrected chi connectivity index (χ3v) is 4.88. The van der Waals surface area contributed by atoms with Crippen LogP contribution in [-0.2, 0) is 12.8 Å². The highest BCUT2D eigenvalue weighted by molar-refractivity contribution is 6.32. The molecule has 0 radical (unpaired) electrons. The van der Waals surface area contributed by atoms with Crippen LogP contribution >= 0.6 is 11.6 Å². The van der Waals surface area contributed by atoms with Crippen LogP contribution in [-0.4, -0.2) is 27.0 Å². The van der Waals surface area contributed by atoms with E-state index in [4.69, 9.17) is 21.1 Å². The number of pyridine rings is 2. The Morgan fingerprint density at radius 2 is 1.85 bits per heavy atom. The number of hydrogen-bond acceptors (Lipinski definition) is 5. The van der Waals surface area contributed by atoms with Crippen molar-refractivity contribution in [2.24, 2.45) is 0 Å². The van der Waals surface area contributed by atoms with Gasteiger partial charge in [0.1, 0.15) is 40.5 Å². The Morgan fingerprint density at radius 1 is 1.03 bits per heavy atom. The zero-order chi connectivity index (χ0) is 23.6. The minimum absolute atomic E-state index is 0.0124. The van der Waals surface area contributed by atoms with Gasteiger partial charge in [-0.25, -0.2) is 9.97 Å². The van der Waals surface area contributed by atoms with Gasteiger partial charge in [-0.05, 0) is 30.3 Å². The van der Waals surface area contributed by atoms with Crippen LogP contribution in [0, 0.1) is 5.95 Å². The van der Waals surface area contributed by atoms with Gasteiger partial charge in [-0.15, -0.1) is 0 Å². The summed E-state index contributed by atoms with van der Waals surface area (Å²) in [5.74, 6) is 0.626. The molecule has 3 heterocycles. The predicted molar refractivity (Wildman–Crippen MR) is 112 cm³/mol. The average Bonchev–Trinajstić information content (AvgIpc) is 3.19. The Morgan fingerprint density at radius 3 is 2.48 bits per heavy atom. The molecule has 1 N–H and O–H groups in total. The molecule has 0 aliphatic rings. The first-order valence-electron chi connectivity index (χ1n) is 9.45. The SMILES string of the molecule is COc1cc(OCc2ccc(C(F)(F)F)nc2)ccc1-c1nc(-c2ccc(F)nc2)[nH]c1Cl. The van der Waals surface area contributed by atoms with E-state index < -0.39 is 17.8 Å². The first-order valence-corrected chi connectivity index (χ1v) is 9.83. The topological polar surface area (TPSA) is 72.9 Å². The molecule has 0 saturated heterocycles. The normalized spacial score (nSPS) is 11.5. The molecule has 0 bridgehead atoms. The standard InChI is InChI=1S/C22H15ClF4N4O2/c1-32-16-8-14(33-11-12-2-6-17(28-9-12)22(25,26)27)4-5-15(16)19-20(23)31-21(30-19)13-3-7-18(24)29-10-13/h2-10H,11H2,1H3,(H,30,31). The van der Waals surface area contributed by atoms with E-state index in [2.05, 4.69) is 19.9 Å². The summed E-state index contributed by atoms with van der Waals surface area (Å²) in [7, 11) is 1.47. The van der Waals surface area contributed by atoms with Crippen molar-refractivity contribution in [2.45, 2.75) is 12.8 Å². The van der Waals surface area contributed by atoms with Gasteiger partial charge in [0.2, 0.25) is 5.95 Å². The molecule has 0 amide bonds. The van der Waals surface area contributed by atoms with Crippen LogP contribution in [0.5, 0.6) is 11.5 Å². The smallest absolute Gasteiger partial charge is 0.433 e. The molecule has 1 aromatic carbocycles. The van der Waals surface area contributed by atoms with Crippen molar-refractivity contribution in [3.63, 3.8) is 0 Å². The third-order valence-electron chi connectivity index (χ3n) is 4.61. The van der Waals surface area contributed by atoms with Crippen LogP contribution in [0.4, 0.5) is 17.6 Å². The number of hydrogen-bond donors (Lipinski definition) is 1. The number of aromatic amines is 1. The molecule has 4 rings (SSSR count). The van der Waals surface area contributed by atoms with Gasteiger partial charge in [0.25, 0.3) is 0 Å². The summed E-state index contributed by atoms with van der Waals surface area (Å²) in [6, 6.07) is 9.88. The van der Waals surface area contributed by atoms with Crippen molar-refractivity contribution in [1.82, 2.24) is 19.9 Å². The summed E-state index contributed by atoms with van der Waals surface area (Å²) in [6.45, 7) is 0.0124. The fourth-order valence-electron chi connectivity index (χ4n) is 2.98. The van der Waals surface area contributed by atoms with Crippen LogP contribution in [0.25, 0.3) is 22.6 Å². The first-order chi connectivity index (χ1) is 15.7. The van der Waals surface area contributed by atoms with Crippen molar-refractivity contribution >= 4 is 11.6 Å². The maximum atomic E-state index is 13.1. The molecule has 0 unspecified atom stereocenters. The minimum Gasteiger partial charge on any atom is -0.496 e. The minimum atomic E-state index is -4.50. The quantitative estimate of drug-likeness (QED) is 0.274. The summed E-state index contributed by atoms with van der Waals surface area (Å²) in [6.07, 6.45) is -2.05. The van der Waals surface area contributed by atoms with E-state index in [0.29, 0.717) is 39.7 Å². The molecule has 0 aliphatic heterocycles. The Balaban J connectivity index is 1.53. The van der Waals surface area contributed by atoms with Gasteiger partial charge >= 0.3 is 6.18 Å². The molecule has 0 saturated carbocycles. The zero-order valence-electron chi connectivity index (χ0n) is 17.0. The molecule has 4 aromatic rings. The third kappa shape index (κ3) is 5.06. The van der Waals surface area contributed by atoms with E-state index in [1.807, 2.05) is 0 Å². The molecular formula is C22H15ClF4N4O2. The van der Waals surface area contributed by atoms with Crippen molar-refractivity contribution in [2.75, 3.05) is 7.11 Å². The van der Waals surface area contributed by atoms with E-state index in [1.54, 1.807) is 18.2 Å². The number of H-pyrrole nitrogens is 1. The predicted octanol–water partition coefficient (Wildman–Crippen LogP) is 5.93. The Bertz CT molecular complexity index is 1260. The molecule has 33 heavy (non-hydrogen) atoms. The number of ether oxygens (including phenoxy) is 2. The average molecular weight is 479 g/mol. The monoisotopic (exact) mass is 478 g/mol. The van der Waals surface area contributed by atoms with E-state index in [-0.39, 0.29) is 11.8 Å². The van der Waals surface area contributed by atoms with Crippen molar-refractivity contribution in [1.29, 1.82) is 0 Å². The maximum Gasteiger partial charge on any atom is 0.433 e. The second kappa shape index (κ2) is 9.07. The summed E-state index contributed by atoms with van der Waals surface area (Å²) >= 11 is 6.33. The van der Waals surface area contributed by atoms with Crippen LogP contribution in [0.15, 0.2) is 54.9 Å². The van der Waals surface area contributed by atoms with Gasteiger partial charge in [-0.3, -0.25) is 4.98 Å². The highest BCUT2D eigenvalue weighted by atomic mass is 35.5. The number of imidazole rings is 1. The van der Waals surface area contributed by atoms with E-state index in [9.17, 15) is 17.6 Å². The zero-order valence-corrected chi connectivity index (χ0v) is 17.7. The van der Waals surface area contributed by atoms with Crippen LogP contribution < -0.4 is 9.47 Å². The van der Waals surface area contributed by atoms with Gasteiger partial charge in [-0.1, -0.05) is 17.7 Å². The van der Waals surface area contributed by atoms with Crippen LogP contribution in [0.3, 0.4) is 0 Å². The first kappa shape index (κ1) is 22.5. The molecule has 0 atom stereocenters. The Labute approximate surface area is 190 Å². The van der Waals surface area contributed by atoms with Gasteiger partial charge < -0.3 is 14.5 Å². The molecule has 0 spiro atoms. The van der Waals surface area contributed by atoms with Crippen molar-refractivity contribution < 1.29 is 27.0 Å². The molecule has 6 nitrogen and oxygen atoms in total. The highest BCUT2D eigenvalue weighted by Gasteiger charge is 2.32. The van der Waals surface area contributed by atoms with Gasteiger partial charge in [0.15, 0.2) is 0 Å². The molecule has 11 heteroatoms. The highest BCUT2D eigenvalue weighted by Crippen LogP contribution is 2.37. The van der Waals surface area contributed by atoms with Crippen LogP contribution in [0.1, 0.15) is 11.3 Å². The fraction of sp³-hybridized carbons (Fsp3) is 0.136. The lowest BCUT2D eigenvalue weighted by Gasteiger charge is -2.11. The lowest BCUT2D eigenvalue weighted by Crippen LogP contribution is -2.08. The molecule has 0 aliphatic carbocycles. The lowest BCUT2D eigenvalue weighted by molar-refractivity contribution is -0.141. The maximum absolute atomic E-state index is 13.1. The van der Waals surface area contributed by atoms with Crippen molar-refractivity contribution in [3.8, 4) is 34.1 Å². The second-order valence-corrected chi connectivity index (χ2v) is 7.20. The second-order valence-electron chi connectivity index (χ2n) is 6.82. The van der Waals surface area contributed by atoms with Gasteiger partial charge in [0.05, 0.1) is 7.11 Å². The summed E-state index contributed by atoms with van der Waals surface area (Å²) in [5.41, 5.74) is 1.03.